The minimum absolute atomic E-state index is 0.375. The Hall–Kier alpha value is -1.83. The number of hydrogen-bond donors (Lipinski definition) is 1. The van der Waals surface area contributed by atoms with Gasteiger partial charge < -0.3 is 24.1 Å². The van der Waals surface area contributed by atoms with Gasteiger partial charge in [0.1, 0.15) is 16.6 Å². The van der Waals surface area contributed by atoms with E-state index >= 15 is 0 Å². The molecule has 1 aromatic heterocycles. The molecule has 0 unspecified atom stereocenters. The number of aliphatic imine (C=N–C) groups is 1. The standard InChI is InChI=1S/C25H38ClN3O4/c1-6-31-22(32-7-2)19-16-18-12-8-9-13-20(26)28-21(18)29(19)25(14-10-11-15-25)17-27-23(30)33-24(3,4)5/h8,12,16,22H,6-7,9-11,13-15,17H2,1-5H3,(H,27,30). The van der Waals surface area contributed by atoms with Crippen molar-refractivity contribution in [3.63, 3.8) is 0 Å². The van der Waals surface area contributed by atoms with E-state index in [0.29, 0.717) is 31.4 Å². The molecule has 0 radical (unpaired) electrons. The predicted octanol–water partition coefficient (Wildman–Crippen LogP) is 6.43. The fourth-order valence-corrected chi connectivity index (χ4v) is 4.81. The van der Waals surface area contributed by atoms with E-state index in [1.165, 1.54) is 0 Å². The average molecular weight is 480 g/mol. The summed E-state index contributed by atoms with van der Waals surface area (Å²) < 4.78 is 19.8. The Bertz CT molecular complexity index is 873. The Labute approximate surface area is 202 Å². The molecule has 3 rings (SSSR count). The molecule has 0 saturated heterocycles. The van der Waals surface area contributed by atoms with Gasteiger partial charge in [0, 0.05) is 31.7 Å². The van der Waals surface area contributed by atoms with Gasteiger partial charge in [-0.25, -0.2) is 9.79 Å². The minimum Gasteiger partial charge on any atom is -0.444 e. The third-order valence-corrected chi connectivity index (χ3v) is 6.19. The van der Waals surface area contributed by atoms with Crippen LogP contribution in [0.2, 0.25) is 0 Å². The summed E-state index contributed by atoms with van der Waals surface area (Å²) in [5, 5.41) is 3.60. The molecule has 1 N–H and O–H groups in total. The monoisotopic (exact) mass is 479 g/mol. The molecule has 184 valence electrons. The van der Waals surface area contributed by atoms with Gasteiger partial charge in [-0.2, -0.15) is 0 Å². The largest absolute Gasteiger partial charge is 0.444 e. The van der Waals surface area contributed by atoms with E-state index in [0.717, 1.165) is 49.2 Å². The highest BCUT2D eigenvalue weighted by molar-refractivity contribution is 6.65. The number of nitrogens with zero attached hydrogens (tertiary/aromatic N) is 2. The van der Waals surface area contributed by atoms with Gasteiger partial charge in [0.05, 0.1) is 11.2 Å². The average Bonchev–Trinajstić information content (AvgIpc) is 3.32. The molecule has 1 aliphatic heterocycles. The summed E-state index contributed by atoms with van der Waals surface area (Å²) in [6.45, 7) is 11.0. The van der Waals surface area contributed by atoms with Crippen LogP contribution < -0.4 is 5.32 Å². The molecule has 1 aromatic rings. The third-order valence-electron chi connectivity index (χ3n) is 5.92. The molecule has 2 heterocycles. The molecule has 1 saturated carbocycles. The Morgan fingerprint density at radius 3 is 2.52 bits per heavy atom. The molecule has 33 heavy (non-hydrogen) atoms. The lowest BCUT2D eigenvalue weighted by Crippen LogP contribution is -2.45. The van der Waals surface area contributed by atoms with Crippen molar-refractivity contribution >= 4 is 34.8 Å². The summed E-state index contributed by atoms with van der Waals surface area (Å²) in [6, 6.07) is 2.09. The third kappa shape index (κ3) is 6.40. The number of alkyl carbamates (subject to hydrolysis) is 1. The first kappa shape index (κ1) is 25.8. The number of aromatic nitrogens is 1. The first-order chi connectivity index (χ1) is 15.7. The van der Waals surface area contributed by atoms with Gasteiger partial charge in [0.2, 0.25) is 0 Å². The maximum absolute atomic E-state index is 12.5. The highest BCUT2D eigenvalue weighted by atomic mass is 35.5. The molecule has 0 atom stereocenters. The van der Waals surface area contributed by atoms with Crippen LogP contribution in [0.3, 0.4) is 0 Å². The first-order valence-corrected chi connectivity index (χ1v) is 12.4. The molecule has 2 aliphatic rings. The van der Waals surface area contributed by atoms with Gasteiger partial charge in [-0.1, -0.05) is 36.6 Å². The number of rotatable bonds is 8. The summed E-state index contributed by atoms with van der Waals surface area (Å²) in [5.74, 6) is 0.795. The molecule has 1 fully saturated rings. The number of allylic oxidation sites excluding steroid dienone is 1. The fourth-order valence-electron chi connectivity index (χ4n) is 4.62. The first-order valence-electron chi connectivity index (χ1n) is 12.0. The number of nitrogens with one attached hydrogen (secondary N) is 1. The molecule has 1 amide bonds. The van der Waals surface area contributed by atoms with Crippen molar-refractivity contribution in [3.05, 3.63) is 23.4 Å². The summed E-state index contributed by atoms with van der Waals surface area (Å²) in [7, 11) is 0. The van der Waals surface area contributed by atoms with E-state index in [9.17, 15) is 4.79 Å². The lowest BCUT2D eigenvalue weighted by Gasteiger charge is -2.36. The van der Waals surface area contributed by atoms with Crippen LogP contribution in [0.15, 0.2) is 17.1 Å². The lowest BCUT2D eigenvalue weighted by atomic mass is 9.96. The van der Waals surface area contributed by atoms with Crippen molar-refractivity contribution in [3.8, 4) is 0 Å². The summed E-state index contributed by atoms with van der Waals surface area (Å²) >= 11 is 6.51. The Kier molecular flexibility index (Phi) is 8.65. The van der Waals surface area contributed by atoms with Crippen molar-refractivity contribution in [1.29, 1.82) is 0 Å². The van der Waals surface area contributed by atoms with Gasteiger partial charge in [-0.05, 0) is 59.9 Å². The highest BCUT2D eigenvalue weighted by Crippen LogP contribution is 2.45. The van der Waals surface area contributed by atoms with E-state index in [-0.39, 0.29) is 5.54 Å². The Morgan fingerprint density at radius 2 is 1.91 bits per heavy atom. The van der Waals surface area contributed by atoms with E-state index in [4.69, 9.17) is 30.8 Å². The van der Waals surface area contributed by atoms with Gasteiger partial charge in [-0.3, -0.25) is 0 Å². The van der Waals surface area contributed by atoms with Crippen molar-refractivity contribution in [1.82, 2.24) is 9.88 Å². The maximum atomic E-state index is 12.5. The number of carbonyl (C=O) groups excluding carboxylic acids is 1. The van der Waals surface area contributed by atoms with Crippen LogP contribution in [0.1, 0.15) is 90.7 Å². The second kappa shape index (κ2) is 11.1. The number of fused-ring (bicyclic) bond motifs is 1. The van der Waals surface area contributed by atoms with Crippen LogP contribution in [0, 0.1) is 0 Å². The Morgan fingerprint density at radius 1 is 1.24 bits per heavy atom. The molecule has 7 nitrogen and oxygen atoms in total. The number of hydrogen-bond acceptors (Lipinski definition) is 5. The molecule has 0 bridgehead atoms. The lowest BCUT2D eigenvalue weighted by molar-refractivity contribution is -0.145. The van der Waals surface area contributed by atoms with Gasteiger partial charge >= 0.3 is 6.09 Å². The van der Waals surface area contributed by atoms with Crippen molar-refractivity contribution in [2.45, 2.75) is 90.6 Å². The van der Waals surface area contributed by atoms with Gasteiger partial charge in [0.15, 0.2) is 6.29 Å². The predicted molar refractivity (Wildman–Crippen MR) is 132 cm³/mol. The fraction of sp³-hybridized carbons (Fsp3) is 0.680. The molecule has 1 aliphatic carbocycles. The molecular formula is C25H38ClN3O4. The van der Waals surface area contributed by atoms with Crippen LogP contribution in [0.5, 0.6) is 0 Å². The quantitative estimate of drug-likeness (QED) is 0.436. The molecule has 0 spiro atoms. The molecule has 0 aromatic carbocycles. The van der Waals surface area contributed by atoms with Crippen LogP contribution in [-0.4, -0.2) is 41.2 Å². The smallest absolute Gasteiger partial charge is 0.407 e. The zero-order valence-corrected chi connectivity index (χ0v) is 21.3. The van der Waals surface area contributed by atoms with Gasteiger partial charge in [0.25, 0.3) is 0 Å². The van der Waals surface area contributed by atoms with Crippen molar-refractivity contribution < 1.29 is 19.0 Å². The second-order valence-electron chi connectivity index (χ2n) is 9.64. The van der Waals surface area contributed by atoms with E-state index in [2.05, 4.69) is 28.1 Å². The zero-order chi connectivity index (χ0) is 24.1. The SMILES string of the molecule is CCOC(OCC)c1cc2c(n1C1(CNC(=O)OC(C)(C)C)CCCC1)N=C(Cl)CCC=C2. The number of ether oxygens (including phenoxy) is 3. The van der Waals surface area contributed by atoms with Crippen LogP contribution in [-0.2, 0) is 19.7 Å². The van der Waals surface area contributed by atoms with Gasteiger partial charge in [-0.15, -0.1) is 0 Å². The van der Waals surface area contributed by atoms with E-state index in [1.54, 1.807) is 0 Å². The van der Waals surface area contributed by atoms with E-state index < -0.39 is 18.0 Å². The second-order valence-corrected chi connectivity index (χ2v) is 10.1. The normalized spacial score (nSPS) is 18.0. The van der Waals surface area contributed by atoms with E-state index in [1.807, 2.05) is 34.6 Å². The topological polar surface area (TPSA) is 74.1 Å². The summed E-state index contributed by atoms with van der Waals surface area (Å²) in [6.07, 6.45) is 8.73. The van der Waals surface area contributed by atoms with Crippen LogP contribution in [0.4, 0.5) is 10.6 Å². The zero-order valence-electron chi connectivity index (χ0n) is 20.6. The number of halogens is 1. The maximum Gasteiger partial charge on any atom is 0.407 e. The molecule has 8 heteroatoms. The summed E-state index contributed by atoms with van der Waals surface area (Å²) in [5.41, 5.74) is 0.950. The number of carbonyl (C=O) groups is 1. The van der Waals surface area contributed by atoms with Crippen LogP contribution >= 0.6 is 11.6 Å². The van der Waals surface area contributed by atoms with Crippen LogP contribution in [0.25, 0.3) is 6.08 Å². The minimum atomic E-state index is -0.557. The van der Waals surface area contributed by atoms with Crippen molar-refractivity contribution in [2.24, 2.45) is 4.99 Å². The van der Waals surface area contributed by atoms with Crippen molar-refractivity contribution in [2.75, 3.05) is 19.8 Å². The Balaban J connectivity index is 2.10. The highest BCUT2D eigenvalue weighted by Gasteiger charge is 2.41. The molecular weight excluding hydrogens is 442 g/mol. The number of amides is 1. The summed E-state index contributed by atoms with van der Waals surface area (Å²) in [4.78, 5) is 17.4.